The van der Waals surface area contributed by atoms with Gasteiger partial charge in [-0.1, -0.05) is 0 Å². The molecule has 0 saturated heterocycles. The van der Waals surface area contributed by atoms with Gasteiger partial charge in [-0.05, 0) is 24.4 Å². The summed E-state index contributed by atoms with van der Waals surface area (Å²) in [4.78, 5) is 3.94. The molecule has 0 aliphatic rings. The number of aromatic nitrogens is 3. The third kappa shape index (κ3) is 3.32. The van der Waals surface area contributed by atoms with E-state index in [0.29, 0.717) is 16.5 Å². The number of aromatic amines is 2. The van der Waals surface area contributed by atoms with Gasteiger partial charge in [-0.15, -0.1) is 0 Å². The maximum atomic E-state index is 5.25. The summed E-state index contributed by atoms with van der Waals surface area (Å²) in [6, 6.07) is 5.45. The Hall–Kier alpha value is -2.35. The number of hydrazone groups is 1. The smallest absolute Gasteiger partial charge is 0.238 e. The zero-order valence-corrected chi connectivity index (χ0v) is 11.2. The van der Waals surface area contributed by atoms with E-state index < -0.39 is 0 Å². The standard InChI is InChI=1S/C11H13N5O2S/c1-17-8-4-3-7(9(5-8)18-2)6-12-14-10-13-11(19)16-15-10/h3-6H,1-2H3,(H3,13,14,15,16,19)/b12-6-. The Morgan fingerprint density at radius 1 is 1.32 bits per heavy atom. The van der Waals surface area contributed by atoms with Crippen LogP contribution in [0.25, 0.3) is 0 Å². The molecule has 0 aliphatic carbocycles. The number of methoxy groups -OCH3 is 2. The van der Waals surface area contributed by atoms with Crippen molar-refractivity contribution in [1.82, 2.24) is 15.2 Å². The molecule has 0 bridgehead atoms. The second-order valence-electron chi connectivity index (χ2n) is 3.49. The van der Waals surface area contributed by atoms with Crippen molar-refractivity contribution in [1.29, 1.82) is 0 Å². The first-order valence-electron chi connectivity index (χ1n) is 5.38. The summed E-state index contributed by atoms with van der Waals surface area (Å²) in [6.45, 7) is 0. The predicted octanol–water partition coefficient (Wildman–Crippen LogP) is 1.93. The molecule has 1 aromatic heterocycles. The summed E-state index contributed by atoms with van der Waals surface area (Å²) in [5.74, 6) is 1.83. The highest BCUT2D eigenvalue weighted by Gasteiger charge is 2.02. The topological polar surface area (TPSA) is 87.3 Å². The molecule has 0 aliphatic heterocycles. The van der Waals surface area contributed by atoms with Crippen LogP contribution < -0.4 is 14.9 Å². The summed E-state index contributed by atoms with van der Waals surface area (Å²) in [7, 11) is 3.19. The number of ether oxygens (including phenoxy) is 2. The van der Waals surface area contributed by atoms with Crippen LogP contribution >= 0.6 is 12.2 Å². The molecule has 100 valence electrons. The molecule has 0 atom stereocenters. The van der Waals surface area contributed by atoms with Crippen molar-refractivity contribution < 1.29 is 9.47 Å². The van der Waals surface area contributed by atoms with Crippen molar-refractivity contribution in [3.05, 3.63) is 28.5 Å². The average molecular weight is 279 g/mol. The van der Waals surface area contributed by atoms with E-state index in [4.69, 9.17) is 21.7 Å². The van der Waals surface area contributed by atoms with E-state index in [1.807, 2.05) is 12.1 Å². The number of benzene rings is 1. The number of rotatable bonds is 5. The summed E-state index contributed by atoms with van der Waals surface area (Å²) in [6.07, 6.45) is 1.61. The summed E-state index contributed by atoms with van der Waals surface area (Å²) in [5.41, 5.74) is 3.52. The Morgan fingerprint density at radius 3 is 2.79 bits per heavy atom. The van der Waals surface area contributed by atoms with Gasteiger partial charge in [-0.2, -0.15) is 10.1 Å². The van der Waals surface area contributed by atoms with Gasteiger partial charge in [-0.3, -0.25) is 10.2 Å². The lowest BCUT2D eigenvalue weighted by molar-refractivity contribution is 0.394. The van der Waals surface area contributed by atoms with Gasteiger partial charge >= 0.3 is 0 Å². The van der Waals surface area contributed by atoms with Crippen LogP contribution in [0.2, 0.25) is 0 Å². The minimum atomic E-state index is 0.361. The van der Waals surface area contributed by atoms with E-state index in [2.05, 4.69) is 25.7 Å². The summed E-state index contributed by atoms with van der Waals surface area (Å²) >= 11 is 4.82. The molecule has 19 heavy (non-hydrogen) atoms. The van der Waals surface area contributed by atoms with Crippen LogP contribution in [0.3, 0.4) is 0 Å². The Bertz CT molecular complexity index is 634. The molecule has 0 unspecified atom stereocenters. The molecule has 0 amide bonds. The second-order valence-corrected chi connectivity index (χ2v) is 3.88. The van der Waals surface area contributed by atoms with Crippen molar-refractivity contribution in [3.8, 4) is 11.5 Å². The van der Waals surface area contributed by atoms with Gasteiger partial charge in [0, 0.05) is 11.6 Å². The molecular formula is C11H13N5O2S. The van der Waals surface area contributed by atoms with E-state index in [1.54, 1.807) is 26.5 Å². The largest absolute Gasteiger partial charge is 0.497 e. The molecular weight excluding hydrogens is 266 g/mol. The highest BCUT2D eigenvalue weighted by Crippen LogP contribution is 2.23. The molecule has 1 aromatic carbocycles. The average Bonchev–Trinajstić information content (AvgIpc) is 2.84. The number of nitrogens with one attached hydrogen (secondary N) is 3. The Labute approximate surface area is 114 Å². The van der Waals surface area contributed by atoms with E-state index >= 15 is 0 Å². The SMILES string of the molecule is COc1ccc(/C=N\Nc2nc(=S)[nH][nH]2)c(OC)c1. The van der Waals surface area contributed by atoms with Crippen LogP contribution in [-0.2, 0) is 0 Å². The van der Waals surface area contributed by atoms with Gasteiger partial charge < -0.3 is 9.47 Å². The van der Waals surface area contributed by atoms with Crippen molar-refractivity contribution in [2.24, 2.45) is 5.10 Å². The third-order valence-electron chi connectivity index (χ3n) is 2.32. The van der Waals surface area contributed by atoms with Crippen LogP contribution in [0.1, 0.15) is 5.56 Å². The second kappa shape index (κ2) is 6.01. The lowest BCUT2D eigenvalue weighted by Crippen LogP contribution is -1.96. The molecule has 7 nitrogen and oxygen atoms in total. The molecule has 1 heterocycles. The predicted molar refractivity (Wildman–Crippen MR) is 74.5 cm³/mol. The first-order chi connectivity index (χ1) is 9.22. The van der Waals surface area contributed by atoms with Crippen molar-refractivity contribution in [2.75, 3.05) is 19.6 Å². The number of H-pyrrole nitrogens is 2. The highest BCUT2D eigenvalue weighted by molar-refractivity contribution is 7.71. The van der Waals surface area contributed by atoms with Gasteiger partial charge in [-0.25, -0.2) is 5.43 Å². The number of hydrogen-bond donors (Lipinski definition) is 3. The maximum absolute atomic E-state index is 5.25. The Morgan fingerprint density at radius 2 is 2.16 bits per heavy atom. The molecule has 8 heteroatoms. The number of hydrogen-bond acceptors (Lipinski definition) is 6. The fourth-order valence-electron chi connectivity index (χ4n) is 1.41. The lowest BCUT2D eigenvalue weighted by Gasteiger charge is -2.06. The molecule has 0 saturated carbocycles. The maximum Gasteiger partial charge on any atom is 0.238 e. The first-order valence-corrected chi connectivity index (χ1v) is 5.79. The monoisotopic (exact) mass is 279 g/mol. The molecule has 2 aromatic rings. The Kier molecular flexibility index (Phi) is 4.14. The lowest BCUT2D eigenvalue weighted by atomic mass is 10.2. The molecule has 3 N–H and O–H groups in total. The van der Waals surface area contributed by atoms with E-state index in [1.165, 1.54) is 0 Å². The van der Waals surface area contributed by atoms with E-state index in [0.717, 1.165) is 11.3 Å². The molecule has 0 fully saturated rings. The van der Waals surface area contributed by atoms with Crippen LogP contribution in [0, 0.1) is 4.77 Å². The van der Waals surface area contributed by atoms with Crippen LogP contribution in [-0.4, -0.2) is 35.6 Å². The van der Waals surface area contributed by atoms with Crippen molar-refractivity contribution >= 4 is 24.4 Å². The van der Waals surface area contributed by atoms with Gasteiger partial charge in [0.1, 0.15) is 11.5 Å². The molecule has 2 rings (SSSR count). The van der Waals surface area contributed by atoms with E-state index in [-0.39, 0.29) is 0 Å². The van der Waals surface area contributed by atoms with Crippen molar-refractivity contribution in [3.63, 3.8) is 0 Å². The number of nitrogens with zero attached hydrogens (tertiary/aromatic N) is 2. The van der Waals surface area contributed by atoms with Gasteiger partial charge in [0.25, 0.3) is 0 Å². The quantitative estimate of drug-likeness (QED) is 0.442. The third-order valence-corrected chi connectivity index (χ3v) is 2.51. The summed E-state index contributed by atoms with van der Waals surface area (Å²) in [5, 5.41) is 9.41. The van der Waals surface area contributed by atoms with Crippen LogP contribution in [0.5, 0.6) is 11.5 Å². The number of anilines is 1. The van der Waals surface area contributed by atoms with Crippen LogP contribution in [0.15, 0.2) is 23.3 Å². The zero-order chi connectivity index (χ0) is 13.7. The van der Waals surface area contributed by atoms with Gasteiger partial charge in [0.15, 0.2) is 0 Å². The van der Waals surface area contributed by atoms with Gasteiger partial charge in [0.05, 0.1) is 20.4 Å². The fraction of sp³-hybridized carbons (Fsp3) is 0.182. The first kappa shape index (κ1) is 13.1. The van der Waals surface area contributed by atoms with Crippen LogP contribution in [0.4, 0.5) is 5.95 Å². The zero-order valence-electron chi connectivity index (χ0n) is 10.4. The Balaban J connectivity index is 2.11. The van der Waals surface area contributed by atoms with Crippen molar-refractivity contribution in [2.45, 2.75) is 0 Å². The highest BCUT2D eigenvalue weighted by atomic mass is 32.1. The molecule has 0 radical (unpaired) electrons. The minimum Gasteiger partial charge on any atom is -0.497 e. The summed E-state index contributed by atoms with van der Waals surface area (Å²) < 4.78 is 10.7. The normalized spacial score (nSPS) is 10.6. The minimum absolute atomic E-state index is 0.361. The fourth-order valence-corrected chi connectivity index (χ4v) is 1.55. The van der Waals surface area contributed by atoms with Gasteiger partial charge in [0.2, 0.25) is 10.7 Å². The van der Waals surface area contributed by atoms with E-state index in [9.17, 15) is 0 Å². The molecule has 0 spiro atoms.